The van der Waals surface area contributed by atoms with Gasteiger partial charge < -0.3 is 14.6 Å². The molecule has 2 aromatic rings. The molecule has 0 radical (unpaired) electrons. The lowest BCUT2D eigenvalue weighted by molar-refractivity contribution is -0.120. The maximum atomic E-state index is 12.4. The fourth-order valence-electron chi connectivity index (χ4n) is 3.24. The molecular weight excluding hydrogens is 372 g/mol. The zero-order chi connectivity index (χ0) is 19.9. The van der Waals surface area contributed by atoms with Crippen molar-refractivity contribution in [2.45, 2.75) is 49.4 Å². The molecule has 0 saturated carbocycles. The Morgan fingerprint density at radius 2 is 2.07 bits per heavy atom. The molecular formula is C21H28N4O2S. The summed E-state index contributed by atoms with van der Waals surface area (Å²) in [6.45, 7) is 2.60. The van der Waals surface area contributed by atoms with E-state index in [1.165, 1.54) is 43.0 Å². The normalized spacial score (nSPS) is 15.0. The summed E-state index contributed by atoms with van der Waals surface area (Å²) in [4.78, 5) is 12.4. The number of methoxy groups -OCH3 is 1. The molecule has 28 heavy (non-hydrogen) atoms. The van der Waals surface area contributed by atoms with Crippen LogP contribution in [0.1, 0.15) is 39.0 Å². The molecule has 0 bridgehead atoms. The van der Waals surface area contributed by atoms with Crippen LogP contribution in [0.5, 0.6) is 5.75 Å². The van der Waals surface area contributed by atoms with Gasteiger partial charge in [-0.2, -0.15) is 0 Å². The lowest BCUT2D eigenvalue weighted by atomic mass is 9.97. The Bertz CT molecular complexity index is 829. The van der Waals surface area contributed by atoms with E-state index in [1.54, 1.807) is 7.11 Å². The molecule has 150 valence electrons. The molecule has 0 spiro atoms. The van der Waals surface area contributed by atoms with Crippen LogP contribution >= 0.6 is 11.8 Å². The molecule has 1 aliphatic rings. The van der Waals surface area contributed by atoms with Crippen molar-refractivity contribution in [1.29, 1.82) is 0 Å². The van der Waals surface area contributed by atoms with Crippen molar-refractivity contribution in [1.82, 2.24) is 20.1 Å². The summed E-state index contributed by atoms with van der Waals surface area (Å²) in [5.74, 6) is 1.60. The van der Waals surface area contributed by atoms with E-state index in [-0.39, 0.29) is 11.2 Å². The van der Waals surface area contributed by atoms with Crippen LogP contribution in [0.2, 0.25) is 0 Å². The van der Waals surface area contributed by atoms with Gasteiger partial charge in [-0.15, -0.1) is 10.2 Å². The van der Waals surface area contributed by atoms with Crippen molar-refractivity contribution < 1.29 is 9.53 Å². The van der Waals surface area contributed by atoms with E-state index in [0.717, 1.165) is 28.7 Å². The quantitative estimate of drug-likeness (QED) is 0.536. The number of nitrogens with one attached hydrogen (secondary N) is 1. The first kappa shape index (κ1) is 20.5. The zero-order valence-corrected chi connectivity index (χ0v) is 17.6. The fraction of sp³-hybridized carbons (Fsp3) is 0.476. The minimum absolute atomic E-state index is 0.0374. The highest BCUT2D eigenvalue weighted by Gasteiger charge is 2.19. The summed E-state index contributed by atoms with van der Waals surface area (Å²) in [6.07, 6.45) is 8.20. The number of thioether (sulfide) groups is 1. The number of benzene rings is 1. The third-order valence-corrected chi connectivity index (χ3v) is 6.10. The van der Waals surface area contributed by atoms with Gasteiger partial charge in [0.25, 0.3) is 0 Å². The lowest BCUT2D eigenvalue weighted by Gasteiger charge is -2.14. The number of rotatable bonds is 8. The van der Waals surface area contributed by atoms with Gasteiger partial charge in [0, 0.05) is 19.2 Å². The number of aromatic nitrogens is 3. The molecule has 0 unspecified atom stereocenters. The van der Waals surface area contributed by atoms with E-state index in [1.807, 2.05) is 42.8 Å². The van der Waals surface area contributed by atoms with Crippen LogP contribution in [0.3, 0.4) is 0 Å². The van der Waals surface area contributed by atoms with Gasteiger partial charge in [0.1, 0.15) is 5.75 Å². The van der Waals surface area contributed by atoms with Crippen LogP contribution in [0, 0.1) is 0 Å². The number of carbonyl (C=O) groups is 1. The van der Waals surface area contributed by atoms with Gasteiger partial charge >= 0.3 is 0 Å². The number of allylic oxidation sites excluding steroid dienone is 1. The van der Waals surface area contributed by atoms with Gasteiger partial charge in [0.05, 0.1) is 12.4 Å². The Morgan fingerprint density at radius 3 is 2.75 bits per heavy atom. The largest absolute Gasteiger partial charge is 0.497 e. The van der Waals surface area contributed by atoms with Crippen LogP contribution in [0.4, 0.5) is 0 Å². The molecule has 1 atom stereocenters. The van der Waals surface area contributed by atoms with Gasteiger partial charge in [-0.25, -0.2) is 0 Å². The average molecular weight is 401 g/mol. The molecule has 3 rings (SSSR count). The van der Waals surface area contributed by atoms with E-state index < -0.39 is 0 Å². The predicted molar refractivity (Wildman–Crippen MR) is 112 cm³/mol. The summed E-state index contributed by atoms with van der Waals surface area (Å²) in [5, 5.41) is 12.1. The number of nitrogens with zero attached hydrogens (tertiary/aromatic N) is 3. The first-order chi connectivity index (χ1) is 13.6. The molecule has 1 amide bonds. The highest BCUT2D eigenvalue weighted by molar-refractivity contribution is 8.00. The summed E-state index contributed by atoms with van der Waals surface area (Å²) in [7, 11) is 3.56. The summed E-state index contributed by atoms with van der Waals surface area (Å²) in [5.41, 5.74) is 2.44. The monoisotopic (exact) mass is 400 g/mol. The number of hydrogen-bond acceptors (Lipinski definition) is 5. The van der Waals surface area contributed by atoms with Crippen molar-refractivity contribution >= 4 is 17.7 Å². The maximum absolute atomic E-state index is 12.4. The average Bonchev–Trinajstić information content (AvgIpc) is 3.09. The molecule has 1 heterocycles. The number of carbonyl (C=O) groups excluding carboxylic acids is 1. The number of amides is 1. The van der Waals surface area contributed by atoms with E-state index in [4.69, 9.17) is 4.74 Å². The summed E-state index contributed by atoms with van der Waals surface area (Å²) < 4.78 is 7.12. The van der Waals surface area contributed by atoms with E-state index in [9.17, 15) is 4.79 Å². The second kappa shape index (κ2) is 9.78. The molecule has 0 saturated heterocycles. The Kier molecular flexibility index (Phi) is 7.14. The van der Waals surface area contributed by atoms with E-state index in [0.29, 0.717) is 6.54 Å². The van der Waals surface area contributed by atoms with Gasteiger partial charge in [-0.1, -0.05) is 23.4 Å². The van der Waals surface area contributed by atoms with Gasteiger partial charge in [0.2, 0.25) is 5.91 Å². The van der Waals surface area contributed by atoms with Gasteiger partial charge in [-0.05, 0) is 63.3 Å². The van der Waals surface area contributed by atoms with Crippen molar-refractivity contribution in [2.75, 3.05) is 13.7 Å². The second-order valence-corrected chi connectivity index (χ2v) is 8.31. The van der Waals surface area contributed by atoms with Crippen molar-refractivity contribution in [3.8, 4) is 17.1 Å². The summed E-state index contributed by atoms with van der Waals surface area (Å²) in [6, 6.07) is 7.70. The fourth-order valence-corrected chi connectivity index (χ4v) is 4.08. The van der Waals surface area contributed by atoms with Gasteiger partial charge in [-0.3, -0.25) is 4.79 Å². The van der Waals surface area contributed by atoms with E-state index >= 15 is 0 Å². The van der Waals surface area contributed by atoms with E-state index in [2.05, 4.69) is 21.6 Å². The first-order valence-corrected chi connectivity index (χ1v) is 10.6. The minimum atomic E-state index is -0.230. The highest BCUT2D eigenvalue weighted by atomic mass is 32.2. The number of ether oxygens (including phenoxy) is 1. The third-order valence-electron chi connectivity index (χ3n) is 4.96. The minimum Gasteiger partial charge on any atom is -0.497 e. The van der Waals surface area contributed by atoms with Crippen molar-refractivity contribution in [2.24, 2.45) is 7.05 Å². The van der Waals surface area contributed by atoms with Crippen LogP contribution in [-0.4, -0.2) is 39.6 Å². The number of hydrogen-bond donors (Lipinski definition) is 1. The van der Waals surface area contributed by atoms with Crippen LogP contribution < -0.4 is 10.1 Å². The van der Waals surface area contributed by atoms with Crippen LogP contribution in [-0.2, 0) is 11.8 Å². The molecule has 1 aromatic heterocycles. The van der Waals surface area contributed by atoms with Crippen molar-refractivity contribution in [3.05, 3.63) is 35.9 Å². The Hall–Kier alpha value is -2.28. The zero-order valence-electron chi connectivity index (χ0n) is 16.8. The Balaban J connectivity index is 1.54. The molecule has 1 aromatic carbocycles. The van der Waals surface area contributed by atoms with Crippen molar-refractivity contribution in [3.63, 3.8) is 0 Å². The van der Waals surface area contributed by atoms with Crippen LogP contribution in [0.25, 0.3) is 11.4 Å². The molecule has 1 N–H and O–H groups in total. The molecule has 0 fully saturated rings. The summed E-state index contributed by atoms with van der Waals surface area (Å²) >= 11 is 1.43. The smallest absolute Gasteiger partial charge is 0.233 e. The SMILES string of the molecule is COc1ccc(-c2nnc(S[C@H](C)C(=O)NCCC3=CCCCC3)n2C)cc1. The van der Waals surface area contributed by atoms with Crippen LogP contribution in [0.15, 0.2) is 41.1 Å². The third kappa shape index (κ3) is 5.16. The highest BCUT2D eigenvalue weighted by Crippen LogP contribution is 2.27. The predicted octanol–water partition coefficient (Wildman–Crippen LogP) is 3.98. The second-order valence-electron chi connectivity index (χ2n) is 7.00. The van der Waals surface area contributed by atoms with Gasteiger partial charge in [0.15, 0.2) is 11.0 Å². The Morgan fingerprint density at radius 1 is 1.29 bits per heavy atom. The first-order valence-electron chi connectivity index (χ1n) is 9.74. The topological polar surface area (TPSA) is 69.0 Å². The Labute approximate surface area is 170 Å². The molecule has 7 heteroatoms. The molecule has 1 aliphatic carbocycles. The molecule has 6 nitrogen and oxygen atoms in total. The standard InChI is InChI=1S/C21H28N4O2S/c1-15(20(26)22-14-13-16-7-5-4-6-8-16)28-21-24-23-19(25(21)2)17-9-11-18(27-3)12-10-17/h7,9-12,15H,4-6,8,13-14H2,1-3H3,(H,22,26)/t15-/m1/s1. The lowest BCUT2D eigenvalue weighted by Crippen LogP contribution is -2.32. The maximum Gasteiger partial charge on any atom is 0.233 e. The molecule has 0 aliphatic heterocycles.